The van der Waals surface area contributed by atoms with Crippen molar-refractivity contribution in [2.45, 2.75) is 18.8 Å². The third-order valence-corrected chi connectivity index (χ3v) is 2.09. The van der Waals surface area contributed by atoms with Crippen molar-refractivity contribution in [1.29, 1.82) is 0 Å². The zero-order valence-corrected chi connectivity index (χ0v) is 9.47. The summed E-state index contributed by atoms with van der Waals surface area (Å²) in [5.41, 5.74) is 0.389. The normalized spacial score (nSPS) is 11.4. The number of ether oxygens (including phenoxy) is 2. The molecule has 0 amide bonds. The molecule has 96 valence electrons. The summed E-state index contributed by atoms with van der Waals surface area (Å²) in [5, 5.41) is 8.96. The number of aliphatic hydroxyl groups is 1. The van der Waals surface area contributed by atoms with Gasteiger partial charge in [0, 0.05) is 5.56 Å². The highest BCUT2D eigenvalue weighted by atomic mass is 35.5. The van der Waals surface area contributed by atoms with E-state index in [1.807, 2.05) is 0 Å². The van der Waals surface area contributed by atoms with E-state index in [0.29, 0.717) is 0 Å². The fourth-order valence-corrected chi connectivity index (χ4v) is 1.38. The van der Waals surface area contributed by atoms with Gasteiger partial charge in [0.15, 0.2) is 5.75 Å². The van der Waals surface area contributed by atoms with Crippen LogP contribution in [0.4, 0.5) is 13.2 Å². The number of alkyl halides is 4. The van der Waals surface area contributed by atoms with Gasteiger partial charge in [-0.15, -0.1) is 24.8 Å². The maximum atomic E-state index is 12.1. The Balaban J connectivity index is 3.19. The van der Waals surface area contributed by atoms with Crippen molar-refractivity contribution >= 4 is 11.6 Å². The van der Waals surface area contributed by atoms with Gasteiger partial charge in [-0.3, -0.25) is 0 Å². The van der Waals surface area contributed by atoms with Crippen molar-refractivity contribution in [3.8, 4) is 11.6 Å². The molecule has 0 aliphatic carbocycles. The summed E-state index contributed by atoms with van der Waals surface area (Å²) in [6.45, 7) is -0.493. The minimum Gasteiger partial charge on any atom is -0.478 e. The fraction of sp³-hybridized carbons (Fsp3) is 0.444. The van der Waals surface area contributed by atoms with Crippen LogP contribution in [-0.4, -0.2) is 23.6 Å². The van der Waals surface area contributed by atoms with Crippen molar-refractivity contribution in [2.24, 2.45) is 0 Å². The van der Waals surface area contributed by atoms with Gasteiger partial charge >= 0.3 is 6.36 Å². The van der Waals surface area contributed by atoms with Crippen LogP contribution in [-0.2, 0) is 12.5 Å². The third-order valence-electron chi connectivity index (χ3n) is 1.84. The van der Waals surface area contributed by atoms with E-state index in [-0.39, 0.29) is 23.0 Å². The van der Waals surface area contributed by atoms with Gasteiger partial charge in [-0.2, -0.15) is 0 Å². The Morgan fingerprint density at radius 3 is 2.53 bits per heavy atom. The maximum absolute atomic E-state index is 12.1. The molecule has 0 saturated carbocycles. The second-order valence-corrected chi connectivity index (χ2v) is 3.21. The van der Waals surface area contributed by atoms with E-state index in [0.717, 1.165) is 13.2 Å². The third kappa shape index (κ3) is 3.64. The molecule has 1 rings (SSSR count). The number of methoxy groups -OCH3 is 1. The summed E-state index contributed by atoms with van der Waals surface area (Å²) in [5.74, 6) is -1.01. The van der Waals surface area contributed by atoms with Crippen LogP contribution in [0.15, 0.2) is 6.07 Å². The molecule has 0 fully saturated rings. The molecule has 0 radical (unpaired) electrons. The molecule has 0 aromatic carbocycles. The first kappa shape index (κ1) is 13.9. The highest BCUT2D eigenvalue weighted by Gasteiger charge is 2.33. The van der Waals surface area contributed by atoms with Crippen LogP contribution in [0.5, 0.6) is 11.6 Å². The number of aromatic nitrogens is 1. The van der Waals surface area contributed by atoms with Gasteiger partial charge in [0.2, 0.25) is 0 Å². The van der Waals surface area contributed by atoms with Crippen LogP contribution in [0.25, 0.3) is 0 Å². The van der Waals surface area contributed by atoms with Crippen molar-refractivity contribution in [2.75, 3.05) is 7.11 Å². The average molecular weight is 272 g/mol. The summed E-state index contributed by atoms with van der Waals surface area (Å²) in [6.07, 6.45) is -4.86. The number of halogens is 4. The smallest absolute Gasteiger partial charge is 0.478 e. The second-order valence-electron chi connectivity index (χ2n) is 2.94. The molecular formula is C9H9ClF3NO3. The highest BCUT2D eigenvalue weighted by molar-refractivity contribution is 6.17. The zero-order valence-electron chi connectivity index (χ0n) is 8.71. The van der Waals surface area contributed by atoms with Crippen LogP contribution < -0.4 is 9.47 Å². The second kappa shape index (κ2) is 5.42. The summed E-state index contributed by atoms with van der Waals surface area (Å²) >= 11 is 5.53. The van der Waals surface area contributed by atoms with E-state index < -0.39 is 18.7 Å². The largest absolute Gasteiger partial charge is 0.573 e. The first-order valence-electron chi connectivity index (χ1n) is 4.40. The fourth-order valence-electron chi connectivity index (χ4n) is 1.15. The summed E-state index contributed by atoms with van der Waals surface area (Å²) in [7, 11) is 1.15. The molecule has 0 atom stereocenters. The molecule has 1 heterocycles. The molecule has 0 aliphatic heterocycles. The molecule has 0 bridgehead atoms. The summed E-state index contributed by atoms with van der Waals surface area (Å²) in [6, 6.07) is 0.997. The lowest BCUT2D eigenvalue weighted by molar-refractivity contribution is -0.275. The predicted molar refractivity (Wildman–Crippen MR) is 53.0 cm³/mol. The monoisotopic (exact) mass is 271 g/mol. The Labute approximate surface area is 99.9 Å². The van der Waals surface area contributed by atoms with E-state index in [9.17, 15) is 13.2 Å². The Morgan fingerprint density at radius 2 is 2.12 bits per heavy atom. The molecule has 17 heavy (non-hydrogen) atoms. The van der Waals surface area contributed by atoms with Gasteiger partial charge in [-0.1, -0.05) is 0 Å². The molecule has 4 nitrogen and oxygen atoms in total. The van der Waals surface area contributed by atoms with Crippen LogP contribution in [0.1, 0.15) is 11.3 Å². The van der Waals surface area contributed by atoms with Gasteiger partial charge < -0.3 is 14.6 Å². The molecule has 1 aromatic rings. The van der Waals surface area contributed by atoms with E-state index in [2.05, 4.69) is 14.5 Å². The van der Waals surface area contributed by atoms with Crippen LogP contribution >= 0.6 is 11.6 Å². The molecule has 1 N–H and O–H groups in total. The molecule has 8 heteroatoms. The minimum absolute atomic E-state index is 0.0570. The maximum Gasteiger partial charge on any atom is 0.573 e. The van der Waals surface area contributed by atoms with Gasteiger partial charge in [0.25, 0.3) is 5.88 Å². The molecule has 0 unspecified atom stereocenters. The van der Waals surface area contributed by atoms with Crippen molar-refractivity contribution < 1.29 is 27.8 Å². The molecule has 0 saturated heterocycles. The number of nitrogens with zero attached hydrogens (tertiary/aromatic N) is 1. The lowest BCUT2D eigenvalue weighted by atomic mass is 10.2. The van der Waals surface area contributed by atoms with Gasteiger partial charge in [0.1, 0.15) is 0 Å². The SMILES string of the molecule is COc1nc(CCl)c(CO)cc1OC(F)(F)F. The lowest BCUT2D eigenvalue weighted by Gasteiger charge is -2.14. The minimum atomic E-state index is -4.86. The van der Waals surface area contributed by atoms with Gasteiger partial charge in [0.05, 0.1) is 25.3 Å². The Hall–Kier alpha value is -1.21. The van der Waals surface area contributed by atoms with Crippen LogP contribution in [0, 0.1) is 0 Å². The highest BCUT2D eigenvalue weighted by Crippen LogP contribution is 2.32. The number of aliphatic hydroxyl groups excluding tert-OH is 1. The molecule has 0 aliphatic rings. The number of pyridine rings is 1. The van der Waals surface area contributed by atoms with E-state index >= 15 is 0 Å². The molecular weight excluding hydrogens is 263 g/mol. The molecule has 1 aromatic heterocycles. The van der Waals surface area contributed by atoms with Gasteiger partial charge in [-0.05, 0) is 6.07 Å². The number of rotatable bonds is 4. The zero-order chi connectivity index (χ0) is 13.1. The Morgan fingerprint density at radius 1 is 1.47 bits per heavy atom. The van der Waals surface area contributed by atoms with E-state index in [1.54, 1.807) is 0 Å². The van der Waals surface area contributed by atoms with Crippen LogP contribution in [0.3, 0.4) is 0 Å². The van der Waals surface area contributed by atoms with E-state index in [1.165, 1.54) is 0 Å². The molecule has 0 spiro atoms. The predicted octanol–water partition coefficient (Wildman–Crippen LogP) is 2.22. The first-order chi connectivity index (χ1) is 7.91. The van der Waals surface area contributed by atoms with Crippen molar-refractivity contribution in [3.05, 3.63) is 17.3 Å². The van der Waals surface area contributed by atoms with Crippen molar-refractivity contribution in [1.82, 2.24) is 4.98 Å². The average Bonchev–Trinajstić information content (AvgIpc) is 2.26. The van der Waals surface area contributed by atoms with Gasteiger partial charge in [-0.25, -0.2) is 4.98 Å². The number of hydrogen-bond donors (Lipinski definition) is 1. The Bertz CT molecular complexity index is 398. The van der Waals surface area contributed by atoms with Crippen molar-refractivity contribution in [3.63, 3.8) is 0 Å². The van der Waals surface area contributed by atoms with Crippen LogP contribution in [0.2, 0.25) is 0 Å². The summed E-state index contributed by atoms with van der Waals surface area (Å²) in [4.78, 5) is 3.73. The lowest BCUT2D eigenvalue weighted by Crippen LogP contribution is -2.18. The standard InChI is InChI=1S/C9H9ClF3NO3/c1-16-8-7(17-9(11,12)13)2-5(4-15)6(3-10)14-8/h2,15H,3-4H2,1H3. The number of hydrogen-bond acceptors (Lipinski definition) is 4. The first-order valence-corrected chi connectivity index (χ1v) is 4.94. The van der Waals surface area contributed by atoms with E-state index in [4.69, 9.17) is 16.7 Å². The Kier molecular flexibility index (Phi) is 4.41. The summed E-state index contributed by atoms with van der Waals surface area (Å²) < 4.78 is 44.6. The topological polar surface area (TPSA) is 51.6 Å². The quantitative estimate of drug-likeness (QED) is 0.853.